The van der Waals surface area contributed by atoms with Crippen LogP contribution in [0.3, 0.4) is 0 Å². The Morgan fingerprint density at radius 1 is 1.43 bits per heavy atom. The summed E-state index contributed by atoms with van der Waals surface area (Å²) in [6.45, 7) is 2.56. The van der Waals surface area contributed by atoms with Gasteiger partial charge in [0, 0.05) is 6.54 Å². The molecular formula is C16H18FN3O3. The lowest BCUT2D eigenvalue weighted by Crippen LogP contribution is -2.39. The second kappa shape index (κ2) is 5.98. The van der Waals surface area contributed by atoms with Crippen molar-refractivity contribution in [2.24, 2.45) is 11.3 Å². The van der Waals surface area contributed by atoms with Gasteiger partial charge in [0.05, 0.1) is 0 Å². The summed E-state index contributed by atoms with van der Waals surface area (Å²) in [5.74, 6) is -1.10. The summed E-state index contributed by atoms with van der Waals surface area (Å²) < 4.78 is 17.4. The monoisotopic (exact) mass is 319 g/mol. The second-order valence-electron chi connectivity index (χ2n) is 6.36. The summed E-state index contributed by atoms with van der Waals surface area (Å²) in [5.41, 5.74) is 0.905. The molecule has 2 N–H and O–H groups in total. The van der Waals surface area contributed by atoms with E-state index in [1.165, 1.54) is 12.1 Å². The highest BCUT2D eigenvalue weighted by molar-refractivity contribution is 5.90. The lowest BCUT2D eigenvalue weighted by molar-refractivity contribution is 0.0913. The van der Waals surface area contributed by atoms with Gasteiger partial charge in [0.1, 0.15) is 5.82 Å². The Bertz CT molecular complexity index is 748. The molecule has 1 aliphatic rings. The molecule has 7 heteroatoms. The number of halogens is 1. The minimum Gasteiger partial charge on any atom is -0.349 e. The Balaban J connectivity index is 1.67. The van der Waals surface area contributed by atoms with Crippen LogP contribution in [0.15, 0.2) is 33.6 Å². The molecule has 0 saturated heterocycles. The van der Waals surface area contributed by atoms with Gasteiger partial charge < -0.3 is 5.32 Å². The maximum absolute atomic E-state index is 13.0. The summed E-state index contributed by atoms with van der Waals surface area (Å²) in [7, 11) is 0. The van der Waals surface area contributed by atoms with Gasteiger partial charge in [-0.05, 0) is 53.4 Å². The molecule has 0 aliphatic heterocycles. The minimum absolute atomic E-state index is 0.127. The van der Waals surface area contributed by atoms with Gasteiger partial charge in [-0.3, -0.25) is 14.3 Å². The van der Waals surface area contributed by atoms with E-state index in [4.69, 9.17) is 0 Å². The quantitative estimate of drug-likeness (QED) is 0.851. The Morgan fingerprint density at radius 3 is 2.70 bits per heavy atom. The lowest BCUT2D eigenvalue weighted by Gasteiger charge is -2.30. The zero-order valence-electron chi connectivity index (χ0n) is 12.8. The number of aromatic nitrogens is 2. The van der Waals surface area contributed by atoms with Gasteiger partial charge in [0.15, 0.2) is 0 Å². The second-order valence-corrected chi connectivity index (χ2v) is 6.36. The van der Waals surface area contributed by atoms with Gasteiger partial charge in [0.2, 0.25) is 5.82 Å². The molecule has 122 valence electrons. The zero-order valence-corrected chi connectivity index (χ0v) is 12.8. The fourth-order valence-electron chi connectivity index (χ4n) is 2.89. The number of hydrogen-bond donors (Lipinski definition) is 2. The number of nitrogens with one attached hydrogen (secondary N) is 2. The van der Waals surface area contributed by atoms with Crippen molar-refractivity contribution in [2.45, 2.75) is 26.2 Å². The maximum atomic E-state index is 13.0. The van der Waals surface area contributed by atoms with Crippen molar-refractivity contribution in [1.29, 1.82) is 0 Å². The molecule has 1 saturated carbocycles. The van der Waals surface area contributed by atoms with Crippen molar-refractivity contribution in [3.8, 4) is 0 Å². The average Bonchev–Trinajstić information content (AvgIpc) is 3.30. The molecular weight excluding hydrogens is 301 g/mol. The van der Waals surface area contributed by atoms with Gasteiger partial charge in [-0.1, -0.05) is 19.1 Å². The molecule has 6 nitrogen and oxygen atoms in total. The molecule has 1 unspecified atom stereocenters. The summed E-state index contributed by atoms with van der Waals surface area (Å²) >= 11 is 0. The molecule has 23 heavy (non-hydrogen) atoms. The molecule has 1 amide bonds. The number of carbonyl (C=O) groups is 1. The highest BCUT2D eigenvalue weighted by atomic mass is 19.1. The van der Waals surface area contributed by atoms with Crippen LogP contribution in [0.5, 0.6) is 0 Å². The van der Waals surface area contributed by atoms with Crippen LogP contribution in [0.4, 0.5) is 4.39 Å². The molecule has 1 aromatic heterocycles. The number of hydrogen-bond acceptors (Lipinski definition) is 4. The third kappa shape index (κ3) is 3.67. The van der Waals surface area contributed by atoms with Crippen molar-refractivity contribution in [3.05, 3.63) is 52.0 Å². The Hall–Kier alpha value is -2.44. The van der Waals surface area contributed by atoms with Crippen molar-refractivity contribution in [1.82, 2.24) is 15.5 Å². The number of H-pyrrole nitrogens is 1. The van der Waals surface area contributed by atoms with Gasteiger partial charge in [-0.2, -0.15) is 0 Å². The first kappa shape index (κ1) is 15.5. The van der Waals surface area contributed by atoms with Crippen LogP contribution < -0.4 is 11.1 Å². The lowest BCUT2D eigenvalue weighted by atomic mass is 9.79. The molecule has 3 rings (SSSR count). The van der Waals surface area contributed by atoms with E-state index in [9.17, 15) is 14.0 Å². The van der Waals surface area contributed by atoms with E-state index in [1.54, 1.807) is 12.1 Å². The molecule has 1 heterocycles. The SMILES string of the molecule is CC(CNC(=O)c1noc(=O)[nH]1)(Cc1ccc(F)cc1)C1CC1. The first-order valence-corrected chi connectivity index (χ1v) is 7.55. The fourth-order valence-corrected chi connectivity index (χ4v) is 2.89. The highest BCUT2D eigenvalue weighted by Crippen LogP contribution is 2.47. The van der Waals surface area contributed by atoms with Gasteiger partial charge >= 0.3 is 5.76 Å². The van der Waals surface area contributed by atoms with Gasteiger partial charge in [-0.25, -0.2) is 9.18 Å². The summed E-state index contributed by atoms with van der Waals surface area (Å²) in [6, 6.07) is 6.43. The van der Waals surface area contributed by atoms with E-state index in [0.29, 0.717) is 12.5 Å². The maximum Gasteiger partial charge on any atom is 0.439 e. The normalized spacial score (nSPS) is 16.8. The largest absolute Gasteiger partial charge is 0.439 e. The van der Waals surface area contributed by atoms with E-state index >= 15 is 0 Å². The van der Waals surface area contributed by atoms with E-state index in [-0.39, 0.29) is 17.1 Å². The van der Waals surface area contributed by atoms with E-state index in [1.807, 2.05) is 0 Å². The third-order valence-electron chi connectivity index (χ3n) is 4.39. The van der Waals surface area contributed by atoms with Crippen LogP contribution in [0, 0.1) is 17.2 Å². The van der Waals surface area contributed by atoms with Crippen molar-refractivity contribution >= 4 is 5.91 Å². The predicted molar refractivity (Wildman–Crippen MR) is 80.4 cm³/mol. The Morgan fingerprint density at radius 2 is 2.13 bits per heavy atom. The first-order valence-electron chi connectivity index (χ1n) is 7.55. The molecule has 2 aromatic rings. The predicted octanol–water partition coefficient (Wildman–Crippen LogP) is 1.89. The zero-order chi connectivity index (χ0) is 16.4. The number of benzene rings is 1. The van der Waals surface area contributed by atoms with Gasteiger partial charge in [0.25, 0.3) is 5.91 Å². The number of nitrogens with zero attached hydrogens (tertiary/aromatic N) is 1. The number of aromatic amines is 1. The third-order valence-corrected chi connectivity index (χ3v) is 4.39. The molecule has 0 bridgehead atoms. The molecule has 1 atom stereocenters. The van der Waals surface area contributed by atoms with E-state index in [2.05, 4.69) is 26.9 Å². The topological polar surface area (TPSA) is 88.0 Å². The van der Waals surface area contributed by atoms with Crippen LogP contribution >= 0.6 is 0 Å². The first-order chi connectivity index (χ1) is 11.0. The highest BCUT2D eigenvalue weighted by Gasteiger charge is 2.41. The molecule has 1 aromatic carbocycles. The average molecular weight is 319 g/mol. The summed E-state index contributed by atoms with van der Waals surface area (Å²) in [5, 5.41) is 6.17. The van der Waals surface area contributed by atoms with Crippen molar-refractivity contribution in [2.75, 3.05) is 6.54 Å². The standard InChI is InChI=1S/C16H18FN3O3/c1-16(11-4-5-11,8-10-2-6-12(17)7-3-10)9-18-14(21)13-19-15(22)23-20-13/h2-3,6-7,11H,4-5,8-9H2,1H3,(H,18,21)(H,19,20,22). The van der Waals surface area contributed by atoms with Crippen molar-refractivity contribution < 1.29 is 13.7 Å². The number of carbonyl (C=O) groups excluding carboxylic acids is 1. The summed E-state index contributed by atoms with van der Waals surface area (Å²) in [6.07, 6.45) is 2.98. The molecule has 1 fully saturated rings. The summed E-state index contributed by atoms with van der Waals surface area (Å²) in [4.78, 5) is 25.1. The van der Waals surface area contributed by atoms with Crippen LogP contribution in [-0.4, -0.2) is 22.6 Å². The van der Waals surface area contributed by atoms with E-state index in [0.717, 1.165) is 24.8 Å². The number of rotatable bonds is 6. The smallest absolute Gasteiger partial charge is 0.349 e. The van der Waals surface area contributed by atoms with E-state index < -0.39 is 11.7 Å². The molecule has 0 radical (unpaired) electrons. The van der Waals surface area contributed by atoms with Crippen molar-refractivity contribution in [3.63, 3.8) is 0 Å². The van der Waals surface area contributed by atoms with Crippen LogP contribution in [0.25, 0.3) is 0 Å². The van der Waals surface area contributed by atoms with Crippen LogP contribution in [-0.2, 0) is 6.42 Å². The van der Waals surface area contributed by atoms with Gasteiger partial charge in [-0.15, -0.1) is 0 Å². The Kier molecular flexibility index (Phi) is 4.02. The molecule has 0 spiro atoms. The van der Waals surface area contributed by atoms with Crippen LogP contribution in [0.2, 0.25) is 0 Å². The minimum atomic E-state index is -0.758. The fraction of sp³-hybridized carbons (Fsp3) is 0.438. The molecule has 1 aliphatic carbocycles. The Labute approximate surface area is 132 Å². The van der Waals surface area contributed by atoms with Crippen LogP contribution in [0.1, 0.15) is 35.9 Å². The number of amides is 1.